The lowest BCUT2D eigenvalue weighted by Crippen LogP contribution is -2.16. The minimum Gasteiger partial charge on any atom is -0.353 e. The second-order valence-corrected chi connectivity index (χ2v) is 5.89. The maximum atomic E-state index is 6.30. The van der Waals surface area contributed by atoms with Crippen LogP contribution in [0, 0.1) is 0 Å². The fraction of sp³-hybridized carbons (Fsp3) is 0.375. The number of hydrogen-bond acceptors (Lipinski definition) is 1. The SMILES string of the molecule is Cn1cccc1C(N)c1ccc(C(C)(C)C)cc1. The van der Waals surface area contributed by atoms with Crippen LogP contribution in [-0.2, 0) is 12.5 Å². The summed E-state index contributed by atoms with van der Waals surface area (Å²) in [6, 6.07) is 12.7. The molecule has 0 amide bonds. The van der Waals surface area contributed by atoms with Gasteiger partial charge in [-0.3, -0.25) is 0 Å². The highest BCUT2D eigenvalue weighted by atomic mass is 14.9. The molecule has 0 aliphatic heterocycles. The van der Waals surface area contributed by atoms with E-state index in [9.17, 15) is 0 Å². The summed E-state index contributed by atoms with van der Waals surface area (Å²) in [5, 5.41) is 0. The number of hydrogen-bond donors (Lipinski definition) is 1. The lowest BCUT2D eigenvalue weighted by atomic mass is 9.86. The fourth-order valence-electron chi connectivity index (χ4n) is 2.16. The summed E-state index contributed by atoms with van der Waals surface area (Å²) >= 11 is 0. The summed E-state index contributed by atoms with van der Waals surface area (Å²) in [5.41, 5.74) is 10.1. The van der Waals surface area contributed by atoms with Crippen LogP contribution in [0.1, 0.15) is 43.6 Å². The minimum absolute atomic E-state index is 0.0565. The van der Waals surface area contributed by atoms with Crippen molar-refractivity contribution in [3.8, 4) is 0 Å². The zero-order valence-electron chi connectivity index (χ0n) is 11.6. The Balaban J connectivity index is 2.28. The van der Waals surface area contributed by atoms with Crippen molar-refractivity contribution in [2.75, 3.05) is 0 Å². The monoisotopic (exact) mass is 242 g/mol. The smallest absolute Gasteiger partial charge is 0.0706 e. The van der Waals surface area contributed by atoms with Crippen LogP contribution in [0.3, 0.4) is 0 Å². The third-order valence-electron chi connectivity index (χ3n) is 3.44. The number of nitrogens with zero attached hydrogens (tertiary/aromatic N) is 1. The third kappa shape index (κ3) is 2.49. The quantitative estimate of drug-likeness (QED) is 0.860. The first kappa shape index (κ1) is 12.9. The molecule has 0 saturated carbocycles. The molecule has 0 aliphatic carbocycles. The van der Waals surface area contributed by atoms with Gasteiger partial charge in [-0.05, 0) is 28.7 Å². The van der Waals surface area contributed by atoms with Gasteiger partial charge < -0.3 is 10.3 Å². The second-order valence-electron chi connectivity index (χ2n) is 5.89. The topological polar surface area (TPSA) is 30.9 Å². The first-order valence-electron chi connectivity index (χ1n) is 6.37. The standard InChI is InChI=1S/C16H22N2/c1-16(2,3)13-9-7-12(8-10-13)15(17)14-6-5-11-18(14)4/h5-11,15H,17H2,1-4H3. The molecule has 0 bridgehead atoms. The van der Waals surface area contributed by atoms with E-state index < -0.39 is 0 Å². The Bertz CT molecular complexity index is 515. The zero-order chi connectivity index (χ0) is 13.3. The molecule has 0 aliphatic rings. The molecular formula is C16H22N2. The fourth-order valence-corrected chi connectivity index (χ4v) is 2.16. The lowest BCUT2D eigenvalue weighted by molar-refractivity contribution is 0.589. The van der Waals surface area contributed by atoms with Crippen molar-refractivity contribution in [3.63, 3.8) is 0 Å². The summed E-state index contributed by atoms with van der Waals surface area (Å²) in [6.07, 6.45) is 2.03. The second kappa shape index (κ2) is 4.62. The van der Waals surface area contributed by atoms with E-state index in [1.165, 1.54) is 5.56 Å². The molecule has 0 radical (unpaired) electrons. The summed E-state index contributed by atoms with van der Waals surface area (Å²) in [5.74, 6) is 0. The molecule has 1 unspecified atom stereocenters. The molecule has 2 rings (SSSR count). The van der Waals surface area contributed by atoms with E-state index in [1.54, 1.807) is 0 Å². The maximum Gasteiger partial charge on any atom is 0.0706 e. The van der Waals surface area contributed by atoms with Crippen LogP contribution in [-0.4, -0.2) is 4.57 Å². The van der Waals surface area contributed by atoms with Gasteiger partial charge in [-0.2, -0.15) is 0 Å². The van der Waals surface area contributed by atoms with Gasteiger partial charge in [-0.1, -0.05) is 45.0 Å². The van der Waals surface area contributed by atoms with Crippen LogP contribution in [0.4, 0.5) is 0 Å². The van der Waals surface area contributed by atoms with E-state index in [-0.39, 0.29) is 11.5 Å². The molecule has 2 heteroatoms. The van der Waals surface area contributed by atoms with Crippen molar-refractivity contribution in [2.24, 2.45) is 12.8 Å². The van der Waals surface area contributed by atoms with Gasteiger partial charge in [0.15, 0.2) is 0 Å². The van der Waals surface area contributed by atoms with Crippen LogP contribution < -0.4 is 5.73 Å². The van der Waals surface area contributed by atoms with Crippen molar-refractivity contribution in [1.82, 2.24) is 4.57 Å². The molecule has 0 spiro atoms. The van der Waals surface area contributed by atoms with Crippen LogP contribution in [0.5, 0.6) is 0 Å². The van der Waals surface area contributed by atoms with Gasteiger partial charge in [0.2, 0.25) is 0 Å². The predicted molar refractivity (Wildman–Crippen MR) is 76.6 cm³/mol. The lowest BCUT2D eigenvalue weighted by Gasteiger charge is -2.20. The van der Waals surface area contributed by atoms with Gasteiger partial charge in [0, 0.05) is 18.9 Å². The molecule has 2 aromatic rings. The molecule has 18 heavy (non-hydrogen) atoms. The van der Waals surface area contributed by atoms with Crippen molar-refractivity contribution in [2.45, 2.75) is 32.2 Å². The minimum atomic E-state index is -0.0565. The van der Waals surface area contributed by atoms with Crippen LogP contribution in [0.2, 0.25) is 0 Å². The van der Waals surface area contributed by atoms with E-state index >= 15 is 0 Å². The molecule has 1 aromatic heterocycles. The average Bonchev–Trinajstić information content (AvgIpc) is 2.73. The number of rotatable bonds is 2. The average molecular weight is 242 g/mol. The van der Waals surface area contributed by atoms with E-state index in [0.717, 1.165) is 11.3 Å². The Morgan fingerprint density at radius 3 is 2.11 bits per heavy atom. The predicted octanol–water partition coefficient (Wildman–Crippen LogP) is 3.37. The number of aryl methyl sites for hydroxylation is 1. The van der Waals surface area contributed by atoms with Gasteiger partial charge in [0.1, 0.15) is 0 Å². The number of benzene rings is 1. The van der Waals surface area contributed by atoms with Crippen LogP contribution >= 0.6 is 0 Å². The molecule has 1 aromatic carbocycles. The van der Waals surface area contributed by atoms with E-state index in [1.807, 2.05) is 19.3 Å². The maximum absolute atomic E-state index is 6.30. The first-order chi connectivity index (χ1) is 8.39. The molecule has 1 atom stereocenters. The van der Waals surface area contributed by atoms with E-state index in [4.69, 9.17) is 5.73 Å². The summed E-state index contributed by atoms with van der Waals surface area (Å²) in [4.78, 5) is 0. The molecule has 0 fully saturated rings. The van der Waals surface area contributed by atoms with Gasteiger partial charge >= 0.3 is 0 Å². The first-order valence-corrected chi connectivity index (χ1v) is 6.37. The van der Waals surface area contributed by atoms with Gasteiger partial charge in [0.05, 0.1) is 6.04 Å². The van der Waals surface area contributed by atoms with Crippen molar-refractivity contribution >= 4 is 0 Å². The van der Waals surface area contributed by atoms with Gasteiger partial charge in [0.25, 0.3) is 0 Å². The highest BCUT2D eigenvalue weighted by Crippen LogP contribution is 2.25. The molecule has 2 nitrogen and oxygen atoms in total. The number of nitrogens with two attached hydrogens (primary N) is 1. The Labute approximate surface area is 109 Å². The van der Waals surface area contributed by atoms with Gasteiger partial charge in [-0.15, -0.1) is 0 Å². The molecule has 1 heterocycles. The summed E-state index contributed by atoms with van der Waals surface area (Å²) in [6.45, 7) is 6.66. The van der Waals surface area contributed by atoms with Gasteiger partial charge in [-0.25, -0.2) is 0 Å². The Morgan fingerprint density at radius 1 is 1.06 bits per heavy atom. The molecule has 0 saturated heterocycles. The zero-order valence-corrected chi connectivity index (χ0v) is 11.6. The Kier molecular flexibility index (Phi) is 3.31. The normalized spacial score (nSPS) is 13.6. The van der Waals surface area contributed by atoms with Crippen LogP contribution in [0.15, 0.2) is 42.6 Å². The van der Waals surface area contributed by atoms with Crippen LogP contribution in [0.25, 0.3) is 0 Å². The van der Waals surface area contributed by atoms with Crippen molar-refractivity contribution in [1.29, 1.82) is 0 Å². The molecular weight excluding hydrogens is 220 g/mol. The highest BCUT2D eigenvalue weighted by molar-refractivity contribution is 5.33. The largest absolute Gasteiger partial charge is 0.353 e. The van der Waals surface area contributed by atoms with E-state index in [2.05, 4.69) is 55.7 Å². The van der Waals surface area contributed by atoms with E-state index in [0.29, 0.717) is 0 Å². The van der Waals surface area contributed by atoms with Crippen molar-refractivity contribution in [3.05, 3.63) is 59.4 Å². The molecule has 96 valence electrons. The highest BCUT2D eigenvalue weighted by Gasteiger charge is 2.15. The summed E-state index contributed by atoms with van der Waals surface area (Å²) < 4.78 is 2.07. The number of aromatic nitrogens is 1. The molecule has 2 N–H and O–H groups in total. The Hall–Kier alpha value is -1.54. The summed E-state index contributed by atoms with van der Waals surface area (Å²) in [7, 11) is 2.03. The Morgan fingerprint density at radius 2 is 1.67 bits per heavy atom. The third-order valence-corrected chi connectivity index (χ3v) is 3.44. The van der Waals surface area contributed by atoms with Crippen molar-refractivity contribution < 1.29 is 0 Å².